The van der Waals surface area contributed by atoms with Gasteiger partial charge in [-0.2, -0.15) is 0 Å². The average Bonchev–Trinajstić information content (AvgIpc) is 2.42. The first-order valence-corrected chi connectivity index (χ1v) is 9.05. The molecule has 0 unspecified atom stereocenters. The Kier molecular flexibility index (Phi) is 13.3. The van der Waals surface area contributed by atoms with Gasteiger partial charge >= 0.3 is 17.9 Å². The minimum atomic E-state index is -1.18. The van der Waals surface area contributed by atoms with E-state index < -0.39 is 11.9 Å². The lowest BCUT2D eigenvalue weighted by Gasteiger charge is -2.12. The van der Waals surface area contributed by atoms with Crippen molar-refractivity contribution in [1.29, 1.82) is 0 Å². The fourth-order valence-corrected chi connectivity index (χ4v) is 5.35. The van der Waals surface area contributed by atoms with Crippen LogP contribution in [0, 0.1) is 10.7 Å². The van der Waals surface area contributed by atoms with Gasteiger partial charge in [0.05, 0.1) is 24.0 Å². The Morgan fingerprint density at radius 1 is 1.00 bits per heavy atom. The number of carbonyl (C=O) groups is 3. The minimum absolute atomic E-state index is 0. The smallest absolute Gasteiger partial charge is 0.337 e. The van der Waals surface area contributed by atoms with Crippen molar-refractivity contribution in [3.63, 3.8) is 0 Å². The summed E-state index contributed by atoms with van der Waals surface area (Å²) in [6.07, 6.45) is 0. The summed E-state index contributed by atoms with van der Waals surface area (Å²) in [7, 11) is 0. The van der Waals surface area contributed by atoms with E-state index in [9.17, 15) is 14.4 Å². The number of nitrogens with two attached hydrogens (primary N) is 2. The lowest BCUT2D eigenvalue weighted by molar-refractivity contribution is -0.140. The second-order valence-electron chi connectivity index (χ2n) is 3.84. The maximum absolute atomic E-state index is 11.0. The third kappa shape index (κ3) is 7.40. The number of anilines is 1. The highest BCUT2D eigenvalue weighted by Crippen LogP contribution is 2.33. The Morgan fingerprint density at radius 3 is 1.58 bits per heavy atom. The van der Waals surface area contributed by atoms with Crippen LogP contribution in [-0.4, -0.2) is 41.3 Å². The molecule has 0 radical (unpaired) electrons. The summed E-state index contributed by atoms with van der Waals surface area (Å²) in [5.74, 6) is -2.63. The molecular formula is C12H14ClI3N2O6. The second kappa shape index (κ2) is 12.3. The van der Waals surface area contributed by atoms with Crippen molar-refractivity contribution in [1.82, 2.24) is 0 Å². The van der Waals surface area contributed by atoms with E-state index in [2.05, 4.69) is 4.74 Å². The Morgan fingerprint density at radius 2 is 1.38 bits per heavy atom. The summed E-state index contributed by atoms with van der Waals surface area (Å²) >= 11 is 5.32. The van der Waals surface area contributed by atoms with E-state index in [1.54, 1.807) is 67.8 Å². The average molecular weight is 698 g/mol. The number of carboxylic acid groups (broad SMARTS) is 2. The van der Waals surface area contributed by atoms with Crippen molar-refractivity contribution in [2.45, 2.75) is 6.92 Å². The lowest BCUT2D eigenvalue weighted by Crippen LogP contribution is -2.14. The van der Waals surface area contributed by atoms with Gasteiger partial charge in [0.15, 0.2) is 0 Å². The van der Waals surface area contributed by atoms with Crippen LogP contribution in [0.25, 0.3) is 0 Å². The quantitative estimate of drug-likeness (QED) is 0.213. The van der Waals surface area contributed by atoms with Crippen LogP contribution in [0.5, 0.6) is 0 Å². The van der Waals surface area contributed by atoms with Crippen LogP contribution in [0.2, 0.25) is 0 Å². The van der Waals surface area contributed by atoms with Crippen LogP contribution in [0.3, 0.4) is 0 Å². The van der Waals surface area contributed by atoms with Crippen molar-refractivity contribution >= 4 is 104 Å². The minimum Gasteiger partial charge on any atom is -0.478 e. The number of hydrogen-bond donors (Lipinski definition) is 4. The monoisotopic (exact) mass is 698 g/mol. The number of rotatable bonds is 4. The second-order valence-corrected chi connectivity index (χ2v) is 7.08. The molecule has 0 saturated carbocycles. The number of halogens is 4. The molecule has 6 N–H and O–H groups in total. The first-order valence-electron chi connectivity index (χ1n) is 5.82. The number of ether oxygens (including phenoxy) is 1. The molecule has 1 aromatic carbocycles. The molecule has 136 valence electrons. The zero-order valence-corrected chi connectivity index (χ0v) is 19.4. The van der Waals surface area contributed by atoms with Crippen LogP contribution < -0.4 is 11.5 Å². The summed E-state index contributed by atoms with van der Waals surface area (Å²) in [6.45, 7) is 2.09. The normalized spacial score (nSPS) is 9.21. The molecule has 12 heteroatoms. The van der Waals surface area contributed by atoms with Gasteiger partial charge in [0, 0.05) is 17.0 Å². The van der Waals surface area contributed by atoms with Crippen molar-refractivity contribution in [3.8, 4) is 0 Å². The van der Waals surface area contributed by atoms with Crippen molar-refractivity contribution < 1.29 is 29.3 Å². The first-order chi connectivity index (χ1) is 10.6. The van der Waals surface area contributed by atoms with Gasteiger partial charge < -0.3 is 26.4 Å². The number of aromatic carboxylic acids is 2. The summed E-state index contributed by atoms with van der Waals surface area (Å²) in [4.78, 5) is 32.0. The van der Waals surface area contributed by atoms with Crippen LogP contribution in [0.1, 0.15) is 27.6 Å². The maximum atomic E-state index is 11.0. The molecular weight excluding hydrogens is 684 g/mol. The fourth-order valence-electron chi connectivity index (χ4n) is 1.26. The third-order valence-corrected chi connectivity index (χ3v) is 5.52. The summed E-state index contributed by atoms with van der Waals surface area (Å²) in [5, 5.41) is 18.0. The van der Waals surface area contributed by atoms with E-state index in [0.717, 1.165) is 0 Å². The Hall–Kier alpha value is -0.130. The van der Waals surface area contributed by atoms with Crippen molar-refractivity contribution in [2.24, 2.45) is 5.73 Å². The van der Waals surface area contributed by atoms with Crippen molar-refractivity contribution in [2.75, 3.05) is 18.9 Å². The molecule has 0 spiro atoms. The molecule has 1 aromatic rings. The molecule has 0 amide bonds. The number of carboxylic acids is 2. The number of esters is 1. The lowest BCUT2D eigenvalue weighted by atomic mass is 10.1. The molecule has 8 nitrogen and oxygen atoms in total. The van der Waals surface area contributed by atoms with E-state index in [1.807, 2.05) is 0 Å². The van der Waals surface area contributed by atoms with Gasteiger partial charge in [-0.1, -0.05) is 0 Å². The van der Waals surface area contributed by atoms with Crippen LogP contribution in [-0.2, 0) is 9.53 Å². The van der Waals surface area contributed by atoms with Crippen LogP contribution in [0.4, 0.5) is 5.69 Å². The predicted octanol–water partition coefficient (Wildman–Crippen LogP) is 2.41. The molecule has 0 heterocycles. The SMILES string of the molecule is CC(=O)OCCN.Cl.Nc1c(I)c(C(=O)O)c(I)c(C(=O)O)c1I. The first kappa shape index (κ1) is 26.1. The van der Waals surface area contributed by atoms with Gasteiger partial charge in [-0.25, -0.2) is 9.59 Å². The molecule has 24 heavy (non-hydrogen) atoms. The Balaban J connectivity index is 0. The molecule has 0 aromatic heterocycles. The number of hydrogen-bond acceptors (Lipinski definition) is 6. The highest BCUT2D eigenvalue weighted by molar-refractivity contribution is 14.1. The van der Waals surface area contributed by atoms with Gasteiger partial charge in [0.1, 0.15) is 6.61 Å². The van der Waals surface area contributed by atoms with Crippen LogP contribution in [0.15, 0.2) is 0 Å². The van der Waals surface area contributed by atoms with E-state index in [-0.39, 0.29) is 38.8 Å². The van der Waals surface area contributed by atoms with Gasteiger partial charge in [-0.3, -0.25) is 4.79 Å². The van der Waals surface area contributed by atoms with Crippen molar-refractivity contribution in [3.05, 3.63) is 21.8 Å². The molecule has 0 bridgehead atoms. The Labute approximate surface area is 184 Å². The Bertz CT molecular complexity index is 601. The molecule has 0 atom stereocenters. The molecule has 0 aliphatic carbocycles. The van der Waals surface area contributed by atoms with E-state index >= 15 is 0 Å². The van der Waals surface area contributed by atoms with Gasteiger partial charge in [0.25, 0.3) is 0 Å². The summed E-state index contributed by atoms with van der Waals surface area (Å²) < 4.78 is 5.35. The highest BCUT2D eigenvalue weighted by Gasteiger charge is 2.26. The molecule has 1 rings (SSSR count). The molecule has 0 aliphatic heterocycles. The zero-order chi connectivity index (χ0) is 18.3. The van der Waals surface area contributed by atoms with E-state index in [0.29, 0.717) is 20.3 Å². The number of benzene rings is 1. The summed E-state index contributed by atoms with van der Waals surface area (Å²) in [5.41, 5.74) is 10.8. The van der Waals surface area contributed by atoms with Gasteiger partial charge in [-0.05, 0) is 67.8 Å². The highest BCUT2D eigenvalue weighted by atomic mass is 127. The molecule has 0 aliphatic rings. The fraction of sp³-hybridized carbons (Fsp3) is 0.250. The topological polar surface area (TPSA) is 153 Å². The standard InChI is InChI=1S/C8H4I3NO4.C4H9NO2.ClH/c9-3-1(7(13)14)4(10)6(12)5(11)2(3)8(15)16;1-4(6)7-3-2-5;/h12H2,(H,13,14)(H,15,16);2-3,5H2,1H3;1H. The molecule has 0 fully saturated rings. The number of carbonyl (C=O) groups excluding carboxylic acids is 1. The van der Waals surface area contributed by atoms with Gasteiger partial charge in [0.2, 0.25) is 0 Å². The van der Waals surface area contributed by atoms with Gasteiger partial charge in [-0.15, -0.1) is 12.4 Å². The third-order valence-electron chi connectivity index (χ3n) is 2.20. The van der Waals surface area contributed by atoms with Crippen LogP contribution >= 0.6 is 80.2 Å². The zero-order valence-electron chi connectivity index (χ0n) is 12.1. The largest absolute Gasteiger partial charge is 0.478 e. The molecule has 0 saturated heterocycles. The predicted molar refractivity (Wildman–Crippen MR) is 116 cm³/mol. The van der Waals surface area contributed by atoms with E-state index in [1.165, 1.54) is 6.92 Å². The summed E-state index contributed by atoms with van der Waals surface area (Å²) in [6, 6.07) is 0. The van der Waals surface area contributed by atoms with E-state index in [4.69, 9.17) is 21.7 Å². The number of nitrogen functional groups attached to an aromatic ring is 1. The maximum Gasteiger partial charge on any atom is 0.337 e.